The van der Waals surface area contributed by atoms with E-state index in [9.17, 15) is 0 Å². The lowest BCUT2D eigenvalue weighted by molar-refractivity contribution is 0.299. The fraction of sp³-hybridized carbons (Fsp3) is 0.500. The van der Waals surface area contributed by atoms with Crippen LogP contribution in [0.5, 0.6) is 11.5 Å². The Balaban J connectivity index is 2.08. The average Bonchev–Trinajstić information content (AvgIpc) is 2.48. The molecular formula is C16H23NO2. The van der Waals surface area contributed by atoms with E-state index in [1.54, 1.807) is 7.11 Å². The van der Waals surface area contributed by atoms with Gasteiger partial charge in [0.25, 0.3) is 0 Å². The second kappa shape index (κ2) is 7.19. The maximum Gasteiger partial charge on any atom is 0.161 e. The van der Waals surface area contributed by atoms with E-state index < -0.39 is 0 Å². The maximum atomic E-state index is 5.70. The molecule has 3 heteroatoms. The molecule has 0 aliphatic carbocycles. The van der Waals surface area contributed by atoms with Gasteiger partial charge in [0.1, 0.15) is 0 Å². The van der Waals surface area contributed by atoms with Crippen molar-refractivity contribution in [1.29, 1.82) is 0 Å². The van der Waals surface area contributed by atoms with Crippen LogP contribution < -0.4 is 14.8 Å². The first-order valence-electron chi connectivity index (χ1n) is 6.97. The van der Waals surface area contributed by atoms with E-state index in [0.717, 1.165) is 31.0 Å². The van der Waals surface area contributed by atoms with Crippen molar-refractivity contribution in [3.8, 4) is 11.5 Å². The van der Waals surface area contributed by atoms with E-state index in [1.807, 2.05) is 12.1 Å². The molecule has 0 aromatic heterocycles. The summed E-state index contributed by atoms with van der Waals surface area (Å²) in [5.74, 6) is 2.23. The van der Waals surface area contributed by atoms with Gasteiger partial charge in [0.15, 0.2) is 11.5 Å². The van der Waals surface area contributed by atoms with Gasteiger partial charge in [-0.15, -0.1) is 6.58 Å². The van der Waals surface area contributed by atoms with Gasteiger partial charge < -0.3 is 14.8 Å². The molecule has 2 rings (SSSR count). The predicted molar refractivity (Wildman–Crippen MR) is 78.1 cm³/mol. The van der Waals surface area contributed by atoms with Gasteiger partial charge in [-0.3, -0.25) is 0 Å². The molecule has 1 aliphatic heterocycles. The first kappa shape index (κ1) is 13.9. The van der Waals surface area contributed by atoms with E-state index in [-0.39, 0.29) is 0 Å². The maximum absolute atomic E-state index is 5.70. The van der Waals surface area contributed by atoms with E-state index in [4.69, 9.17) is 9.47 Å². The van der Waals surface area contributed by atoms with Crippen molar-refractivity contribution in [3.05, 3.63) is 36.4 Å². The summed E-state index contributed by atoms with van der Waals surface area (Å²) in [6.07, 6.45) is 5.18. The second-order valence-corrected chi connectivity index (χ2v) is 4.88. The molecule has 0 amide bonds. The van der Waals surface area contributed by atoms with Crippen molar-refractivity contribution in [2.75, 3.05) is 26.8 Å². The van der Waals surface area contributed by atoms with Crippen LogP contribution in [0.3, 0.4) is 0 Å². The van der Waals surface area contributed by atoms with Gasteiger partial charge in [0.05, 0.1) is 13.7 Å². The molecule has 0 saturated carbocycles. The number of benzene rings is 1. The Kier molecular flexibility index (Phi) is 5.28. The van der Waals surface area contributed by atoms with Crippen molar-refractivity contribution in [1.82, 2.24) is 5.32 Å². The zero-order chi connectivity index (χ0) is 13.5. The number of hydrogen-bond acceptors (Lipinski definition) is 3. The van der Waals surface area contributed by atoms with E-state index in [0.29, 0.717) is 12.5 Å². The Morgan fingerprint density at radius 2 is 2.32 bits per heavy atom. The number of methoxy groups -OCH3 is 1. The molecule has 0 radical (unpaired) electrons. The molecule has 104 valence electrons. The summed E-state index contributed by atoms with van der Waals surface area (Å²) < 4.78 is 11.1. The minimum absolute atomic E-state index is 0.588. The van der Waals surface area contributed by atoms with Gasteiger partial charge in [-0.25, -0.2) is 0 Å². The highest BCUT2D eigenvalue weighted by Gasteiger charge is 2.17. The van der Waals surface area contributed by atoms with Crippen LogP contribution in [0.2, 0.25) is 0 Å². The van der Waals surface area contributed by atoms with Gasteiger partial charge in [0.2, 0.25) is 0 Å². The molecule has 0 bridgehead atoms. The van der Waals surface area contributed by atoms with Gasteiger partial charge in [-0.2, -0.15) is 0 Å². The molecular weight excluding hydrogens is 238 g/mol. The summed E-state index contributed by atoms with van der Waals surface area (Å²) in [4.78, 5) is 0. The molecule has 0 spiro atoms. The second-order valence-electron chi connectivity index (χ2n) is 4.88. The van der Waals surface area contributed by atoms with Crippen LogP contribution in [-0.4, -0.2) is 26.8 Å². The smallest absolute Gasteiger partial charge is 0.161 e. The zero-order valence-corrected chi connectivity index (χ0v) is 11.7. The quantitative estimate of drug-likeness (QED) is 0.630. The third-order valence-corrected chi connectivity index (χ3v) is 3.54. The first-order chi connectivity index (χ1) is 9.35. The summed E-state index contributed by atoms with van der Waals surface area (Å²) >= 11 is 0. The third kappa shape index (κ3) is 3.74. The molecule has 1 heterocycles. The van der Waals surface area contributed by atoms with Crippen molar-refractivity contribution in [2.45, 2.75) is 25.2 Å². The molecule has 1 atom stereocenters. The highest BCUT2D eigenvalue weighted by molar-refractivity contribution is 5.44. The van der Waals surface area contributed by atoms with Gasteiger partial charge in [0, 0.05) is 6.54 Å². The number of hydrogen-bond donors (Lipinski definition) is 1. The topological polar surface area (TPSA) is 30.5 Å². The Bertz CT molecular complexity index is 411. The van der Waals surface area contributed by atoms with Crippen LogP contribution in [0.1, 0.15) is 30.7 Å². The average molecular weight is 261 g/mol. The Labute approximate surface area is 115 Å². The lowest BCUT2D eigenvalue weighted by atomic mass is 9.91. The van der Waals surface area contributed by atoms with Crippen LogP contribution in [0, 0.1) is 0 Å². The van der Waals surface area contributed by atoms with E-state index in [1.165, 1.54) is 18.4 Å². The van der Waals surface area contributed by atoms with Gasteiger partial charge >= 0.3 is 0 Å². The standard InChI is InChI=1S/C16H23NO2/c1-3-4-10-19-15-8-7-13(11-16(15)18-2)14-6-5-9-17-12-14/h3,7-8,11,14,17H,1,4-6,9-10,12H2,2H3. The molecule has 1 aromatic rings. The van der Waals surface area contributed by atoms with Crippen LogP contribution in [0.4, 0.5) is 0 Å². The van der Waals surface area contributed by atoms with Crippen LogP contribution in [0.15, 0.2) is 30.9 Å². The van der Waals surface area contributed by atoms with E-state index >= 15 is 0 Å². The predicted octanol–water partition coefficient (Wildman–Crippen LogP) is 3.12. The first-order valence-corrected chi connectivity index (χ1v) is 6.97. The Morgan fingerprint density at radius 1 is 1.42 bits per heavy atom. The number of piperidine rings is 1. The Morgan fingerprint density at radius 3 is 3.00 bits per heavy atom. The van der Waals surface area contributed by atoms with Crippen molar-refractivity contribution in [2.24, 2.45) is 0 Å². The monoisotopic (exact) mass is 261 g/mol. The van der Waals surface area contributed by atoms with Crippen molar-refractivity contribution in [3.63, 3.8) is 0 Å². The zero-order valence-electron chi connectivity index (χ0n) is 11.7. The lowest BCUT2D eigenvalue weighted by Gasteiger charge is -2.24. The molecule has 1 fully saturated rings. The fourth-order valence-corrected chi connectivity index (χ4v) is 2.45. The summed E-state index contributed by atoms with van der Waals surface area (Å²) in [6.45, 7) is 6.53. The summed E-state index contributed by atoms with van der Waals surface area (Å²) in [6, 6.07) is 6.29. The molecule has 1 aliphatic rings. The number of nitrogens with one attached hydrogen (secondary N) is 1. The highest BCUT2D eigenvalue weighted by atomic mass is 16.5. The Hall–Kier alpha value is -1.48. The highest BCUT2D eigenvalue weighted by Crippen LogP contribution is 2.33. The van der Waals surface area contributed by atoms with E-state index in [2.05, 4.69) is 24.0 Å². The minimum Gasteiger partial charge on any atom is -0.493 e. The normalized spacial score (nSPS) is 18.9. The minimum atomic E-state index is 0.588. The fourth-order valence-electron chi connectivity index (χ4n) is 2.45. The SMILES string of the molecule is C=CCCOc1ccc(C2CCCNC2)cc1OC. The van der Waals surface area contributed by atoms with Crippen LogP contribution in [0.25, 0.3) is 0 Å². The molecule has 19 heavy (non-hydrogen) atoms. The largest absolute Gasteiger partial charge is 0.493 e. The summed E-state index contributed by atoms with van der Waals surface area (Å²) in [5.41, 5.74) is 1.33. The number of ether oxygens (including phenoxy) is 2. The van der Waals surface area contributed by atoms with Gasteiger partial charge in [-0.1, -0.05) is 12.1 Å². The van der Waals surface area contributed by atoms with Crippen molar-refractivity contribution < 1.29 is 9.47 Å². The van der Waals surface area contributed by atoms with Crippen LogP contribution in [-0.2, 0) is 0 Å². The lowest BCUT2D eigenvalue weighted by Crippen LogP contribution is -2.28. The molecule has 1 N–H and O–H groups in total. The number of rotatable bonds is 6. The summed E-state index contributed by atoms with van der Waals surface area (Å²) in [5, 5.41) is 3.44. The van der Waals surface area contributed by atoms with Crippen molar-refractivity contribution >= 4 is 0 Å². The molecule has 3 nitrogen and oxygen atoms in total. The molecule has 1 aromatic carbocycles. The van der Waals surface area contributed by atoms with Crippen LogP contribution >= 0.6 is 0 Å². The third-order valence-electron chi connectivity index (χ3n) is 3.54. The molecule has 1 unspecified atom stereocenters. The van der Waals surface area contributed by atoms with Gasteiger partial charge in [-0.05, 0) is 49.4 Å². The molecule has 1 saturated heterocycles. The summed E-state index contributed by atoms with van der Waals surface area (Å²) in [7, 11) is 1.69.